The highest BCUT2D eigenvalue weighted by molar-refractivity contribution is 5.94. The first kappa shape index (κ1) is 16.8. The Morgan fingerprint density at radius 2 is 2.12 bits per heavy atom. The normalized spacial score (nSPS) is 19.5. The van der Waals surface area contributed by atoms with Crippen molar-refractivity contribution in [2.24, 2.45) is 0 Å². The minimum atomic E-state index is -0.119. The molecule has 1 aromatic rings. The Labute approximate surface area is 143 Å². The van der Waals surface area contributed by atoms with Gasteiger partial charge in [0.05, 0.1) is 6.10 Å². The largest absolute Gasteiger partial charge is 0.490 e. The van der Waals surface area contributed by atoms with Gasteiger partial charge in [0.2, 0.25) is 5.91 Å². The van der Waals surface area contributed by atoms with Gasteiger partial charge in [-0.05, 0) is 57.2 Å². The molecule has 1 aliphatic carbocycles. The van der Waals surface area contributed by atoms with Gasteiger partial charge in [0.1, 0.15) is 5.75 Å². The van der Waals surface area contributed by atoms with Gasteiger partial charge < -0.3 is 15.0 Å². The summed E-state index contributed by atoms with van der Waals surface area (Å²) in [4.78, 5) is 25.9. The Hall–Kier alpha value is -2.04. The molecule has 2 amide bonds. The van der Waals surface area contributed by atoms with Crippen molar-refractivity contribution in [3.8, 4) is 5.75 Å². The molecular formula is C19H26N2O3. The van der Waals surface area contributed by atoms with E-state index in [9.17, 15) is 9.59 Å². The number of amides is 2. The first-order valence-corrected chi connectivity index (χ1v) is 8.97. The van der Waals surface area contributed by atoms with E-state index in [0.29, 0.717) is 18.5 Å². The summed E-state index contributed by atoms with van der Waals surface area (Å²) in [6.07, 6.45) is 6.45. The highest BCUT2D eigenvalue weighted by Gasteiger charge is 2.23. The van der Waals surface area contributed by atoms with E-state index in [1.54, 1.807) is 12.1 Å². The molecule has 3 rings (SSSR count). The van der Waals surface area contributed by atoms with E-state index in [4.69, 9.17) is 4.74 Å². The third kappa shape index (κ3) is 4.28. The third-order valence-corrected chi connectivity index (χ3v) is 4.74. The van der Waals surface area contributed by atoms with E-state index in [-0.39, 0.29) is 24.0 Å². The average molecular weight is 330 g/mol. The summed E-state index contributed by atoms with van der Waals surface area (Å²) in [7, 11) is 0. The van der Waals surface area contributed by atoms with Crippen LogP contribution in [-0.2, 0) is 4.79 Å². The van der Waals surface area contributed by atoms with E-state index < -0.39 is 0 Å². The number of ether oxygens (including phenoxy) is 1. The van der Waals surface area contributed by atoms with Gasteiger partial charge in [-0.25, -0.2) is 0 Å². The lowest BCUT2D eigenvalue weighted by molar-refractivity contribution is -0.127. The highest BCUT2D eigenvalue weighted by Crippen LogP contribution is 2.24. The van der Waals surface area contributed by atoms with Crippen LogP contribution in [0.25, 0.3) is 0 Å². The Bertz CT molecular complexity index is 596. The number of likely N-dealkylation sites (tertiary alicyclic amines) is 1. The third-order valence-electron chi connectivity index (χ3n) is 4.74. The molecule has 2 aliphatic rings. The molecule has 1 saturated carbocycles. The Morgan fingerprint density at radius 3 is 2.83 bits per heavy atom. The molecule has 0 spiro atoms. The maximum atomic E-state index is 12.4. The second kappa shape index (κ2) is 7.69. The first-order valence-electron chi connectivity index (χ1n) is 8.97. The second-order valence-electron chi connectivity index (χ2n) is 6.87. The highest BCUT2D eigenvalue weighted by atomic mass is 16.5. The van der Waals surface area contributed by atoms with Crippen molar-refractivity contribution in [3.05, 3.63) is 29.8 Å². The predicted molar refractivity (Wildman–Crippen MR) is 92.1 cm³/mol. The van der Waals surface area contributed by atoms with Crippen molar-refractivity contribution in [2.45, 2.75) is 57.6 Å². The molecule has 0 unspecified atom stereocenters. The van der Waals surface area contributed by atoms with Gasteiger partial charge in [-0.3, -0.25) is 9.59 Å². The van der Waals surface area contributed by atoms with Crippen molar-refractivity contribution in [1.29, 1.82) is 0 Å². The average Bonchev–Trinajstić information content (AvgIpc) is 3.20. The van der Waals surface area contributed by atoms with Crippen molar-refractivity contribution >= 4 is 11.8 Å². The fourth-order valence-corrected chi connectivity index (χ4v) is 3.49. The number of nitrogens with zero attached hydrogens (tertiary/aromatic N) is 1. The maximum Gasteiger partial charge on any atom is 0.251 e. The quantitative estimate of drug-likeness (QED) is 0.872. The number of rotatable bonds is 6. The molecule has 1 N–H and O–H groups in total. The standard InChI is InChI=1S/C19H26N2O3/c1-14(13-21-11-5-10-18(21)22)20-19(23)15-6-4-9-17(12-15)24-16-7-2-3-8-16/h4,6,9,12,14,16H,2-3,5,7-8,10-11,13H2,1H3,(H,20,23)/t14-/m1/s1. The summed E-state index contributed by atoms with van der Waals surface area (Å²) >= 11 is 0. The summed E-state index contributed by atoms with van der Waals surface area (Å²) < 4.78 is 5.96. The van der Waals surface area contributed by atoms with Crippen LogP contribution < -0.4 is 10.1 Å². The summed E-state index contributed by atoms with van der Waals surface area (Å²) in [6.45, 7) is 3.30. The molecule has 0 aromatic heterocycles. The molecule has 0 bridgehead atoms. The number of carbonyl (C=O) groups excluding carboxylic acids is 2. The number of nitrogens with one attached hydrogen (secondary N) is 1. The lowest BCUT2D eigenvalue weighted by atomic mass is 10.2. The Balaban J connectivity index is 1.54. The Morgan fingerprint density at radius 1 is 1.33 bits per heavy atom. The smallest absolute Gasteiger partial charge is 0.251 e. The fraction of sp³-hybridized carbons (Fsp3) is 0.579. The first-order chi connectivity index (χ1) is 11.6. The molecule has 1 atom stereocenters. The van der Waals surface area contributed by atoms with Crippen LogP contribution in [0.4, 0.5) is 0 Å². The van der Waals surface area contributed by atoms with Crippen LogP contribution in [0.1, 0.15) is 55.8 Å². The predicted octanol–water partition coefficient (Wildman–Crippen LogP) is 2.75. The molecule has 1 heterocycles. The molecule has 2 fully saturated rings. The summed E-state index contributed by atoms with van der Waals surface area (Å²) in [5.41, 5.74) is 0.602. The van der Waals surface area contributed by atoms with Gasteiger partial charge in [0.15, 0.2) is 0 Å². The molecule has 1 aromatic carbocycles. The summed E-state index contributed by atoms with van der Waals surface area (Å²) in [5.74, 6) is 0.825. The van der Waals surface area contributed by atoms with E-state index in [0.717, 1.165) is 31.6 Å². The Kier molecular flexibility index (Phi) is 5.38. The molecule has 5 nitrogen and oxygen atoms in total. The molecule has 0 radical (unpaired) electrons. The van der Waals surface area contributed by atoms with Gasteiger partial charge in [-0.15, -0.1) is 0 Å². The van der Waals surface area contributed by atoms with Crippen LogP contribution in [-0.4, -0.2) is 41.9 Å². The van der Waals surface area contributed by atoms with Crippen LogP contribution in [0.15, 0.2) is 24.3 Å². The van der Waals surface area contributed by atoms with Gasteiger partial charge in [-0.1, -0.05) is 6.07 Å². The zero-order valence-electron chi connectivity index (χ0n) is 14.3. The van der Waals surface area contributed by atoms with Crippen molar-refractivity contribution in [1.82, 2.24) is 10.2 Å². The van der Waals surface area contributed by atoms with E-state index in [2.05, 4.69) is 5.32 Å². The molecule has 130 valence electrons. The summed E-state index contributed by atoms with van der Waals surface area (Å²) in [6, 6.07) is 7.29. The molecule has 24 heavy (non-hydrogen) atoms. The maximum absolute atomic E-state index is 12.4. The van der Waals surface area contributed by atoms with Crippen LogP contribution in [0.2, 0.25) is 0 Å². The number of carbonyl (C=O) groups is 2. The van der Waals surface area contributed by atoms with E-state index in [1.807, 2.05) is 24.0 Å². The second-order valence-corrected chi connectivity index (χ2v) is 6.87. The lowest BCUT2D eigenvalue weighted by Crippen LogP contribution is -2.42. The molecule has 1 aliphatic heterocycles. The van der Waals surface area contributed by atoms with Crippen LogP contribution in [0, 0.1) is 0 Å². The number of hydrogen-bond donors (Lipinski definition) is 1. The zero-order valence-corrected chi connectivity index (χ0v) is 14.3. The fourth-order valence-electron chi connectivity index (χ4n) is 3.49. The van der Waals surface area contributed by atoms with Gasteiger partial charge >= 0.3 is 0 Å². The zero-order chi connectivity index (χ0) is 16.9. The van der Waals surface area contributed by atoms with Crippen molar-refractivity contribution in [3.63, 3.8) is 0 Å². The molecular weight excluding hydrogens is 304 g/mol. The van der Waals surface area contributed by atoms with Crippen LogP contribution in [0.3, 0.4) is 0 Å². The van der Waals surface area contributed by atoms with E-state index in [1.165, 1.54) is 12.8 Å². The SMILES string of the molecule is C[C@H](CN1CCCC1=O)NC(=O)c1cccc(OC2CCCC2)c1. The minimum absolute atomic E-state index is 0.0704. The van der Waals surface area contributed by atoms with Crippen molar-refractivity contribution in [2.75, 3.05) is 13.1 Å². The van der Waals surface area contributed by atoms with Gasteiger partial charge in [0.25, 0.3) is 5.91 Å². The van der Waals surface area contributed by atoms with Gasteiger partial charge in [0, 0.05) is 31.1 Å². The topological polar surface area (TPSA) is 58.6 Å². The van der Waals surface area contributed by atoms with E-state index >= 15 is 0 Å². The lowest BCUT2D eigenvalue weighted by Gasteiger charge is -2.22. The minimum Gasteiger partial charge on any atom is -0.490 e. The number of hydrogen-bond acceptors (Lipinski definition) is 3. The molecule has 1 saturated heterocycles. The monoisotopic (exact) mass is 330 g/mol. The van der Waals surface area contributed by atoms with Crippen molar-refractivity contribution < 1.29 is 14.3 Å². The summed E-state index contributed by atoms with van der Waals surface area (Å²) in [5, 5.41) is 2.98. The van der Waals surface area contributed by atoms with Gasteiger partial charge in [-0.2, -0.15) is 0 Å². The van der Waals surface area contributed by atoms with Crippen LogP contribution in [0.5, 0.6) is 5.75 Å². The number of benzene rings is 1. The van der Waals surface area contributed by atoms with Crippen LogP contribution >= 0.6 is 0 Å². The molecule has 5 heteroatoms.